The Balaban J connectivity index is 1.78. The number of ether oxygens (including phenoxy) is 1. The number of Topliss-reactive ketones (excluding diaryl/α,β-unsaturated/α-hetero) is 1. The van der Waals surface area contributed by atoms with Gasteiger partial charge in [-0.15, -0.1) is 0 Å². The number of hydrogen-bond donors (Lipinski definition) is 0. The highest BCUT2D eigenvalue weighted by Gasteiger charge is 2.69. The molecular weight excluding hydrogens is 254 g/mol. The molecule has 4 heteroatoms. The highest BCUT2D eigenvalue weighted by Crippen LogP contribution is 2.62. The molecule has 2 aliphatic carbocycles. The minimum atomic E-state index is -0.474. The molecule has 3 fully saturated rings. The third-order valence-corrected chi connectivity index (χ3v) is 5.08. The first-order valence-electron chi connectivity index (χ1n) is 7.78. The Kier molecular flexibility index (Phi) is 2.93. The Hall–Kier alpha value is -1.06. The van der Waals surface area contributed by atoms with Crippen LogP contribution in [0.4, 0.5) is 4.79 Å². The summed E-state index contributed by atoms with van der Waals surface area (Å²) in [4.78, 5) is 26.7. The van der Waals surface area contributed by atoms with Crippen LogP contribution in [-0.4, -0.2) is 35.0 Å². The first-order chi connectivity index (χ1) is 9.24. The summed E-state index contributed by atoms with van der Waals surface area (Å²) >= 11 is 0. The first-order valence-corrected chi connectivity index (χ1v) is 7.78. The van der Waals surface area contributed by atoms with E-state index in [2.05, 4.69) is 6.92 Å². The third kappa shape index (κ3) is 1.87. The first kappa shape index (κ1) is 13.9. The fourth-order valence-corrected chi connectivity index (χ4v) is 4.52. The smallest absolute Gasteiger partial charge is 0.410 e. The Morgan fingerprint density at radius 2 is 2.00 bits per heavy atom. The van der Waals surface area contributed by atoms with E-state index in [0.29, 0.717) is 11.7 Å². The second-order valence-corrected chi connectivity index (χ2v) is 7.90. The van der Waals surface area contributed by atoms with Gasteiger partial charge in [-0.1, -0.05) is 6.92 Å². The number of rotatable bonds is 0. The van der Waals surface area contributed by atoms with Gasteiger partial charge in [0.25, 0.3) is 0 Å². The van der Waals surface area contributed by atoms with Crippen LogP contribution < -0.4 is 0 Å². The molecule has 1 amide bonds. The molecule has 1 heterocycles. The molecule has 1 spiro atoms. The molecule has 0 aromatic heterocycles. The lowest BCUT2D eigenvalue weighted by Gasteiger charge is -2.65. The molecule has 112 valence electrons. The van der Waals surface area contributed by atoms with Gasteiger partial charge in [-0.25, -0.2) is 4.79 Å². The largest absolute Gasteiger partial charge is 0.444 e. The summed E-state index contributed by atoms with van der Waals surface area (Å²) in [5, 5.41) is 0. The molecule has 1 aliphatic heterocycles. The van der Waals surface area contributed by atoms with E-state index in [0.717, 1.165) is 32.2 Å². The minimum Gasteiger partial charge on any atom is -0.444 e. The summed E-state index contributed by atoms with van der Waals surface area (Å²) in [6.07, 6.45) is 3.52. The van der Waals surface area contributed by atoms with Gasteiger partial charge < -0.3 is 9.64 Å². The van der Waals surface area contributed by atoms with E-state index in [-0.39, 0.29) is 23.5 Å². The molecule has 0 bridgehead atoms. The van der Waals surface area contributed by atoms with Gasteiger partial charge in [0.05, 0.1) is 11.5 Å². The number of ketones is 1. The molecule has 1 saturated heterocycles. The molecule has 0 radical (unpaired) electrons. The number of piperidine rings is 1. The van der Waals surface area contributed by atoms with Crippen LogP contribution >= 0.6 is 0 Å². The summed E-state index contributed by atoms with van der Waals surface area (Å²) < 4.78 is 5.53. The average molecular weight is 279 g/mol. The van der Waals surface area contributed by atoms with Crippen LogP contribution in [0.2, 0.25) is 0 Å². The van der Waals surface area contributed by atoms with Gasteiger partial charge in [0.15, 0.2) is 0 Å². The SMILES string of the molecule is CC1CC2(C1)C(=O)[C@H]1CCCN(C(=O)OC(C)(C)C)[C@H]12. The number of hydrogen-bond acceptors (Lipinski definition) is 3. The highest BCUT2D eigenvalue weighted by molar-refractivity contribution is 5.97. The van der Waals surface area contributed by atoms with Crippen molar-refractivity contribution >= 4 is 11.9 Å². The monoisotopic (exact) mass is 279 g/mol. The zero-order chi connectivity index (χ0) is 14.7. The normalized spacial score (nSPS) is 39.9. The Morgan fingerprint density at radius 1 is 1.35 bits per heavy atom. The second-order valence-electron chi connectivity index (χ2n) is 7.90. The van der Waals surface area contributed by atoms with E-state index in [9.17, 15) is 9.59 Å². The van der Waals surface area contributed by atoms with Gasteiger partial charge in [0.2, 0.25) is 0 Å². The summed E-state index contributed by atoms with van der Waals surface area (Å²) in [5.74, 6) is 1.10. The van der Waals surface area contributed by atoms with Crippen LogP contribution in [0.15, 0.2) is 0 Å². The number of carbonyl (C=O) groups excluding carboxylic acids is 2. The standard InChI is InChI=1S/C16H25NO3/c1-10-8-16(9-10)12-11(13(16)18)6-5-7-17(12)14(19)20-15(2,3)4/h10-12H,5-9H2,1-4H3/t10?,11-,12+,16?/m0/s1. The minimum absolute atomic E-state index is 0.0729. The summed E-state index contributed by atoms with van der Waals surface area (Å²) in [7, 11) is 0. The van der Waals surface area contributed by atoms with Crippen molar-refractivity contribution in [2.24, 2.45) is 17.3 Å². The maximum atomic E-state index is 12.4. The van der Waals surface area contributed by atoms with Crippen LogP contribution in [0.25, 0.3) is 0 Å². The van der Waals surface area contributed by atoms with Gasteiger partial charge in [-0.05, 0) is 52.4 Å². The maximum Gasteiger partial charge on any atom is 0.410 e. The van der Waals surface area contributed by atoms with Crippen LogP contribution in [0, 0.1) is 17.3 Å². The van der Waals surface area contributed by atoms with Gasteiger partial charge >= 0.3 is 6.09 Å². The van der Waals surface area contributed by atoms with Crippen LogP contribution in [0.5, 0.6) is 0 Å². The average Bonchev–Trinajstić information content (AvgIpc) is 2.31. The molecule has 3 rings (SSSR count). The molecule has 0 unspecified atom stereocenters. The molecule has 4 nitrogen and oxygen atoms in total. The molecule has 3 aliphatic rings. The van der Waals surface area contributed by atoms with Crippen LogP contribution in [0.3, 0.4) is 0 Å². The molecule has 0 N–H and O–H groups in total. The van der Waals surface area contributed by atoms with Crippen molar-refractivity contribution in [3.05, 3.63) is 0 Å². The van der Waals surface area contributed by atoms with Crippen molar-refractivity contribution < 1.29 is 14.3 Å². The van der Waals surface area contributed by atoms with E-state index in [1.54, 1.807) is 0 Å². The molecular formula is C16H25NO3. The Bertz CT molecular complexity index is 445. The van der Waals surface area contributed by atoms with Crippen LogP contribution in [-0.2, 0) is 9.53 Å². The van der Waals surface area contributed by atoms with E-state index >= 15 is 0 Å². The van der Waals surface area contributed by atoms with E-state index in [4.69, 9.17) is 4.74 Å². The fourth-order valence-electron chi connectivity index (χ4n) is 4.52. The number of likely N-dealkylation sites (tertiary alicyclic amines) is 1. The van der Waals surface area contributed by atoms with Crippen molar-refractivity contribution in [2.75, 3.05) is 6.54 Å². The second kappa shape index (κ2) is 4.22. The van der Waals surface area contributed by atoms with E-state index in [1.165, 1.54) is 0 Å². The lowest BCUT2D eigenvalue weighted by molar-refractivity contribution is -0.184. The van der Waals surface area contributed by atoms with Gasteiger partial charge in [-0.2, -0.15) is 0 Å². The van der Waals surface area contributed by atoms with E-state index < -0.39 is 5.60 Å². The predicted molar refractivity (Wildman–Crippen MR) is 75.3 cm³/mol. The lowest BCUT2D eigenvalue weighted by Crippen LogP contribution is -2.74. The van der Waals surface area contributed by atoms with Crippen molar-refractivity contribution in [3.8, 4) is 0 Å². The molecule has 0 aromatic carbocycles. The maximum absolute atomic E-state index is 12.4. The van der Waals surface area contributed by atoms with Crippen molar-refractivity contribution in [1.29, 1.82) is 0 Å². The summed E-state index contributed by atoms with van der Waals surface area (Å²) in [5.41, 5.74) is -0.695. The number of amides is 1. The number of carbonyl (C=O) groups is 2. The van der Waals surface area contributed by atoms with E-state index in [1.807, 2.05) is 25.7 Å². The Morgan fingerprint density at radius 3 is 2.55 bits per heavy atom. The molecule has 0 aromatic rings. The van der Waals surface area contributed by atoms with Crippen molar-refractivity contribution in [2.45, 2.75) is 65.0 Å². The lowest BCUT2D eigenvalue weighted by atomic mass is 9.43. The fraction of sp³-hybridized carbons (Fsp3) is 0.875. The quantitative estimate of drug-likeness (QED) is 0.685. The highest BCUT2D eigenvalue weighted by atomic mass is 16.6. The zero-order valence-corrected chi connectivity index (χ0v) is 12.9. The summed E-state index contributed by atoms with van der Waals surface area (Å²) in [6.45, 7) is 8.59. The number of fused-ring (bicyclic) bond motifs is 2. The number of nitrogens with zero attached hydrogens (tertiary/aromatic N) is 1. The van der Waals surface area contributed by atoms with Gasteiger partial charge in [0.1, 0.15) is 11.4 Å². The molecule has 20 heavy (non-hydrogen) atoms. The Labute approximate surface area is 120 Å². The molecule has 2 saturated carbocycles. The van der Waals surface area contributed by atoms with Crippen molar-refractivity contribution in [1.82, 2.24) is 4.90 Å². The predicted octanol–water partition coefficient (Wildman–Crippen LogP) is 3.00. The summed E-state index contributed by atoms with van der Waals surface area (Å²) in [6, 6.07) is 0.106. The van der Waals surface area contributed by atoms with Gasteiger partial charge in [-0.3, -0.25) is 4.79 Å². The zero-order valence-electron chi connectivity index (χ0n) is 12.9. The topological polar surface area (TPSA) is 46.6 Å². The van der Waals surface area contributed by atoms with Crippen LogP contribution in [0.1, 0.15) is 53.4 Å². The molecule has 2 atom stereocenters. The third-order valence-electron chi connectivity index (χ3n) is 5.08. The van der Waals surface area contributed by atoms with Gasteiger partial charge in [0, 0.05) is 12.5 Å². The van der Waals surface area contributed by atoms with Crippen molar-refractivity contribution in [3.63, 3.8) is 0 Å².